The number of nitrogens with two attached hydrogens (primary N) is 1. The first-order valence-corrected chi connectivity index (χ1v) is 5.05. The molecular weight excluding hydrogens is 212 g/mol. The Kier molecular flexibility index (Phi) is 1.58. The van der Waals surface area contributed by atoms with E-state index in [4.69, 9.17) is 5.73 Å². The lowest BCUT2D eigenvalue weighted by molar-refractivity contribution is 0.0874. The van der Waals surface area contributed by atoms with Gasteiger partial charge in [-0.1, -0.05) is 18.2 Å². The molecule has 5 heteroatoms. The Hall–Kier alpha value is -1.49. The van der Waals surface area contributed by atoms with Crippen molar-refractivity contribution in [2.24, 2.45) is 12.8 Å². The highest BCUT2D eigenvalue weighted by molar-refractivity contribution is 5.83. The molecule has 2 aromatic rings. The Balaban J connectivity index is 2.29. The molecule has 0 bridgehead atoms. The zero-order chi connectivity index (χ0) is 11.6. The van der Waals surface area contributed by atoms with E-state index >= 15 is 0 Å². The van der Waals surface area contributed by atoms with Gasteiger partial charge in [0.15, 0.2) is 0 Å². The minimum Gasteiger partial charge on any atom is -0.315 e. The van der Waals surface area contributed by atoms with Gasteiger partial charge in [-0.25, -0.2) is 8.78 Å². The second kappa shape index (κ2) is 2.60. The molecule has 1 aromatic heterocycles. The maximum Gasteiger partial charge on any atom is 0.273 e. The molecule has 1 atom stereocenters. The van der Waals surface area contributed by atoms with E-state index in [2.05, 4.69) is 5.10 Å². The van der Waals surface area contributed by atoms with Crippen LogP contribution in [0, 0.1) is 0 Å². The van der Waals surface area contributed by atoms with Crippen LogP contribution in [0.25, 0.3) is 10.9 Å². The molecule has 0 amide bonds. The smallest absolute Gasteiger partial charge is 0.273 e. The summed E-state index contributed by atoms with van der Waals surface area (Å²) < 4.78 is 28.0. The summed E-state index contributed by atoms with van der Waals surface area (Å²) in [5.74, 6) is -2.82. The van der Waals surface area contributed by atoms with E-state index in [1.165, 1.54) is 4.68 Å². The highest BCUT2D eigenvalue weighted by Crippen LogP contribution is 2.58. The summed E-state index contributed by atoms with van der Waals surface area (Å²) >= 11 is 0. The highest BCUT2D eigenvalue weighted by Gasteiger charge is 2.71. The number of aryl methyl sites for hydroxylation is 1. The molecule has 2 N–H and O–H groups in total. The minimum atomic E-state index is -2.82. The van der Waals surface area contributed by atoms with Crippen molar-refractivity contribution in [3.8, 4) is 0 Å². The lowest BCUT2D eigenvalue weighted by Gasteiger charge is -2.11. The number of nitrogens with zero attached hydrogens (tertiary/aromatic N) is 2. The third kappa shape index (κ3) is 1.01. The highest BCUT2D eigenvalue weighted by atomic mass is 19.3. The molecule has 16 heavy (non-hydrogen) atoms. The van der Waals surface area contributed by atoms with Crippen LogP contribution >= 0.6 is 0 Å². The van der Waals surface area contributed by atoms with Crippen molar-refractivity contribution in [2.75, 3.05) is 0 Å². The van der Waals surface area contributed by atoms with E-state index in [0.717, 1.165) is 0 Å². The molecule has 0 radical (unpaired) electrons. The zero-order valence-electron chi connectivity index (χ0n) is 8.74. The van der Waals surface area contributed by atoms with Gasteiger partial charge in [-0.3, -0.25) is 4.68 Å². The molecule has 1 aliphatic rings. The molecular formula is C11H11F2N3. The van der Waals surface area contributed by atoms with Gasteiger partial charge in [0.1, 0.15) is 5.54 Å². The van der Waals surface area contributed by atoms with Gasteiger partial charge in [-0.15, -0.1) is 0 Å². The van der Waals surface area contributed by atoms with Crippen molar-refractivity contribution in [2.45, 2.75) is 17.9 Å². The van der Waals surface area contributed by atoms with E-state index in [9.17, 15) is 8.78 Å². The quantitative estimate of drug-likeness (QED) is 0.800. The normalized spacial score (nSPS) is 27.2. The van der Waals surface area contributed by atoms with E-state index in [0.29, 0.717) is 16.6 Å². The van der Waals surface area contributed by atoms with Crippen LogP contribution in [0.1, 0.15) is 12.1 Å². The van der Waals surface area contributed by atoms with Crippen LogP contribution in [-0.4, -0.2) is 15.7 Å². The van der Waals surface area contributed by atoms with Crippen LogP contribution in [0.3, 0.4) is 0 Å². The first kappa shape index (κ1) is 9.72. The molecule has 3 nitrogen and oxygen atoms in total. The van der Waals surface area contributed by atoms with Gasteiger partial charge in [0, 0.05) is 18.9 Å². The summed E-state index contributed by atoms with van der Waals surface area (Å²) in [5.41, 5.74) is 5.33. The van der Waals surface area contributed by atoms with Gasteiger partial charge in [-0.2, -0.15) is 5.10 Å². The number of hydrogen-bond donors (Lipinski definition) is 1. The maximum absolute atomic E-state index is 13.3. The molecule has 3 rings (SSSR count). The van der Waals surface area contributed by atoms with E-state index < -0.39 is 11.5 Å². The van der Waals surface area contributed by atoms with Gasteiger partial charge >= 0.3 is 0 Å². The van der Waals surface area contributed by atoms with Crippen molar-refractivity contribution in [1.82, 2.24) is 9.78 Å². The first-order chi connectivity index (χ1) is 7.46. The lowest BCUT2D eigenvalue weighted by atomic mass is 10.1. The summed E-state index contributed by atoms with van der Waals surface area (Å²) in [6, 6.07) is 7.20. The Morgan fingerprint density at radius 2 is 2.00 bits per heavy atom. The molecule has 1 unspecified atom stereocenters. The number of hydrogen-bond acceptors (Lipinski definition) is 2. The van der Waals surface area contributed by atoms with Crippen molar-refractivity contribution in [3.05, 3.63) is 30.0 Å². The van der Waals surface area contributed by atoms with Gasteiger partial charge < -0.3 is 5.73 Å². The van der Waals surface area contributed by atoms with E-state index in [-0.39, 0.29) is 6.42 Å². The van der Waals surface area contributed by atoms with Gasteiger partial charge in [-0.05, 0) is 6.07 Å². The Bertz CT molecular complexity index is 576. The molecule has 0 spiro atoms. The SMILES string of the molecule is Cn1nc2ccccc2c1C1(N)CC1(F)F. The number of fused-ring (bicyclic) bond motifs is 1. The predicted molar refractivity (Wildman–Crippen MR) is 56.1 cm³/mol. The standard InChI is InChI=1S/C11H11F2N3/c1-16-9(10(14)6-11(10,12)13)7-4-2-3-5-8(7)15-16/h2-5H,6,14H2,1H3. The fourth-order valence-corrected chi connectivity index (χ4v) is 2.24. The Morgan fingerprint density at radius 3 is 2.62 bits per heavy atom. The molecule has 1 fully saturated rings. The lowest BCUT2D eigenvalue weighted by Crippen LogP contribution is -2.29. The van der Waals surface area contributed by atoms with Crippen LogP contribution in [0.15, 0.2) is 24.3 Å². The predicted octanol–water partition coefficient (Wildman–Crippen LogP) is 1.77. The Labute approximate surface area is 90.8 Å². The minimum absolute atomic E-state index is 0.302. The molecule has 0 saturated heterocycles. The van der Waals surface area contributed by atoms with Crippen molar-refractivity contribution in [3.63, 3.8) is 0 Å². The van der Waals surface area contributed by atoms with Crippen molar-refractivity contribution >= 4 is 10.9 Å². The Morgan fingerprint density at radius 1 is 1.38 bits per heavy atom. The van der Waals surface area contributed by atoms with Crippen molar-refractivity contribution in [1.29, 1.82) is 0 Å². The average molecular weight is 223 g/mol. The van der Waals surface area contributed by atoms with Gasteiger partial charge in [0.25, 0.3) is 5.92 Å². The van der Waals surface area contributed by atoms with Crippen LogP contribution in [0.5, 0.6) is 0 Å². The van der Waals surface area contributed by atoms with Gasteiger partial charge in [0.05, 0.1) is 11.2 Å². The number of rotatable bonds is 1. The number of benzene rings is 1. The number of alkyl halides is 2. The average Bonchev–Trinajstić information content (AvgIpc) is 2.55. The molecule has 1 saturated carbocycles. The van der Waals surface area contributed by atoms with Crippen LogP contribution < -0.4 is 5.73 Å². The third-order valence-electron chi connectivity index (χ3n) is 3.19. The summed E-state index contributed by atoms with van der Waals surface area (Å²) in [7, 11) is 1.65. The van der Waals surface area contributed by atoms with Crippen LogP contribution in [-0.2, 0) is 12.6 Å². The third-order valence-corrected chi connectivity index (χ3v) is 3.19. The second-order valence-corrected chi connectivity index (χ2v) is 4.34. The second-order valence-electron chi connectivity index (χ2n) is 4.34. The summed E-state index contributed by atoms with van der Waals surface area (Å²) in [6.45, 7) is 0. The van der Waals surface area contributed by atoms with Crippen LogP contribution in [0.4, 0.5) is 8.78 Å². The summed E-state index contributed by atoms with van der Waals surface area (Å²) in [6.07, 6.45) is -0.302. The van der Waals surface area contributed by atoms with Crippen molar-refractivity contribution < 1.29 is 8.78 Å². The maximum atomic E-state index is 13.3. The molecule has 0 aliphatic heterocycles. The fourth-order valence-electron chi connectivity index (χ4n) is 2.24. The first-order valence-electron chi connectivity index (χ1n) is 5.05. The van der Waals surface area contributed by atoms with Gasteiger partial charge in [0.2, 0.25) is 0 Å². The summed E-state index contributed by atoms with van der Waals surface area (Å²) in [4.78, 5) is 0. The number of aromatic nitrogens is 2. The molecule has 1 heterocycles. The zero-order valence-corrected chi connectivity index (χ0v) is 8.74. The summed E-state index contributed by atoms with van der Waals surface area (Å²) in [5, 5.41) is 4.90. The molecule has 84 valence electrons. The van der Waals surface area contributed by atoms with E-state index in [1.807, 2.05) is 6.07 Å². The number of halogens is 2. The molecule has 1 aliphatic carbocycles. The van der Waals surface area contributed by atoms with E-state index in [1.54, 1.807) is 25.2 Å². The molecule has 1 aromatic carbocycles. The monoisotopic (exact) mass is 223 g/mol. The fraction of sp³-hybridized carbons (Fsp3) is 0.364. The van der Waals surface area contributed by atoms with Crippen LogP contribution in [0.2, 0.25) is 0 Å². The topological polar surface area (TPSA) is 43.8 Å². The largest absolute Gasteiger partial charge is 0.315 e.